The topological polar surface area (TPSA) is 49.4 Å². The average molecular weight is 359 g/mol. The molecule has 0 bridgehead atoms. The summed E-state index contributed by atoms with van der Waals surface area (Å²) in [6.07, 6.45) is 5.94. The summed E-state index contributed by atoms with van der Waals surface area (Å²) < 4.78 is 0. The van der Waals surface area contributed by atoms with Gasteiger partial charge in [0.15, 0.2) is 0 Å². The van der Waals surface area contributed by atoms with E-state index < -0.39 is 0 Å². The van der Waals surface area contributed by atoms with Gasteiger partial charge in [0.05, 0.1) is 5.25 Å². The number of hydrogen-bond donors (Lipinski definition) is 1. The molecule has 25 heavy (non-hydrogen) atoms. The standard InChI is InChI=1S/C20H26N2O2S/c23-17(12-14-7-8-15-5-1-2-6-16(15)11-14)19-18(21-13-25-19)20(24)22-9-3-4-10-22/h1-2,5-6,14,18-19,21H,3-4,7-13H2/t14?,18-,19?/m1/s1. The monoisotopic (exact) mass is 358 g/mol. The SMILES string of the molecule is O=C(CC1CCc2ccccc2C1)C1SCN[C@H]1C(=O)N1CCCC1. The number of likely N-dealkylation sites (tertiary alicyclic amines) is 1. The van der Waals surface area contributed by atoms with E-state index in [1.165, 1.54) is 11.1 Å². The number of nitrogens with one attached hydrogen (secondary N) is 1. The molecule has 2 saturated heterocycles. The molecule has 3 aliphatic rings. The Hall–Kier alpha value is -1.33. The molecule has 2 aliphatic heterocycles. The maximum Gasteiger partial charge on any atom is 0.241 e. The van der Waals surface area contributed by atoms with Crippen molar-refractivity contribution in [3.05, 3.63) is 35.4 Å². The number of carbonyl (C=O) groups excluding carboxylic acids is 2. The molecule has 3 atom stereocenters. The Morgan fingerprint density at radius 3 is 2.72 bits per heavy atom. The van der Waals surface area contributed by atoms with E-state index in [2.05, 4.69) is 29.6 Å². The Morgan fingerprint density at radius 2 is 1.92 bits per heavy atom. The molecule has 1 amide bonds. The second-order valence-corrected chi connectivity index (χ2v) is 8.62. The molecular weight excluding hydrogens is 332 g/mol. The number of ketones is 1. The summed E-state index contributed by atoms with van der Waals surface area (Å²) >= 11 is 1.61. The first-order chi connectivity index (χ1) is 12.2. The molecule has 0 aromatic heterocycles. The van der Waals surface area contributed by atoms with Crippen LogP contribution in [0.25, 0.3) is 0 Å². The second kappa shape index (κ2) is 7.50. The molecule has 0 saturated carbocycles. The Labute approximate surface area is 153 Å². The zero-order valence-corrected chi connectivity index (χ0v) is 15.4. The van der Waals surface area contributed by atoms with Crippen molar-refractivity contribution in [1.29, 1.82) is 0 Å². The maximum absolute atomic E-state index is 12.9. The van der Waals surface area contributed by atoms with Gasteiger partial charge in [0, 0.05) is 25.4 Å². The highest BCUT2D eigenvalue weighted by Gasteiger charge is 2.41. The summed E-state index contributed by atoms with van der Waals surface area (Å²) in [6, 6.07) is 8.27. The largest absolute Gasteiger partial charge is 0.341 e. The van der Waals surface area contributed by atoms with Gasteiger partial charge in [-0.25, -0.2) is 0 Å². The van der Waals surface area contributed by atoms with Gasteiger partial charge in [-0.2, -0.15) is 0 Å². The lowest BCUT2D eigenvalue weighted by Gasteiger charge is -2.27. The number of rotatable bonds is 4. The maximum atomic E-state index is 12.9. The molecular formula is C20H26N2O2S. The van der Waals surface area contributed by atoms with Crippen molar-refractivity contribution in [2.75, 3.05) is 19.0 Å². The quantitative estimate of drug-likeness (QED) is 0.898. The molecule has 0 radical (unpaired) electrons. The number of carbonyl (C=O) groups is 2. The third kappa shape index (κ3) is 3.63. The van der Waals surface area contributed by atoms with E-state index in [-0.39, 0.29) is 23.0 Å². The van der Waals surface area contributed by atoms with E-state index in [1.807, 2.05) is 4.90 Å². The molecule has 1 aromatic carbocycles. The Balaban J connectivity index is 1.38. The minimum Gasteiger partial charge on any atom is -0.341 e. The highest BCUT2D eigenvalue weighted by molar-refractivity contribution is 8.00. The fraction of sp³-hybridized carbons (Fsp3) is 0.600. The summed E-state index contributed by atoms with van der Waals surface area (Å²) in [6.45, 7) is 1.70. The van der Waals surface area contributed by atoms with E-state index in [0.717, 1.165) is 45.2 Å². The summed E-state index contributed by atoms with van der Waals surface area (Å²) in [5.41, 5.74) is 2.83. The van der Waals surface area contributed by atoms with Crippen molar-refractivity contribution in [2.45, 2.75) is 49.8 Å². The molecule has 4 rings (SSSR count). The Bertz CT molecular complexity index is 657. The number of thioether (sulfide) groups is 1. The number of hydrogen-bond acceptors (Lipinski definition) is 4. The van der Waals surface area contributed by atoms with Crippen molar-refractivity contribution in [3.63, 3.8) is 0 Å². The zero-order chi connectivity index (χ0) is 17.2. The third-order valence-corrected chi connectivity index (χ3v) is 7.04. The fourth-order valence-electron chi connectivity index (χ4n) is 4.41. The number of Topliss-reactive ketones (excluding diaryl/α,β-unsaturated/α-hetero) is 1. The Kier molecular flexibility index (Phi) is 5.13. The lowest BCUT2D eigenvalue weighted by molar-refractivity contribution is -0.134. The third-order valence-electron chi connectivity index (χ3n) is 5.81. The van der Waals surface area contributed by atoms with Crippen LogP contribution < -0.4 is 5.32 Å². The minimum atomic E-state index is -0.313. The predicted octanol–water partition coefficient (Wildman–Crippen LogP) is 2.40. The fourth-order valence-corrected chi connectivity index (χ4v) is 5.55. The Morgan fingerprint density at radius 1 is 1.16 bits per heavy atom. The predicted molar refractivity (Wildman–Crippen MR) is 101 cm³/mol. The van der Waals surface area contributed by atoms with Gasteiger partial charge in [-0.1, -0.05) is 24.3 Å². The minimum absolute atomic E-state index is 0.134. The van der Waals surface area contributed by atoms with Crippen LogP contribution in [0, 0.1) is 5.92 Å². The van der Waals surface area contributed by atoms with E-state index in [4.69, 9.17) is 0 Å². The van der Waals surface area contributed by atoms with Crippen LogP contribution in [-0.4, -0.2) is 46.8 Å². The van der Waals surface area contributed by atoms with E-state index in [0.29, 0.717) is 18.2 Å². The summed E-state index contributed by atoms with van der Waals surface area (Å²) in [4.78, 5) is 27.6. The lowest BCUT2D eigenvalue weighted by Crippen LogP contribution is -2.49. The van der Waals surface area contributed by atoms with E-state index in [1.54, 1.807) is 11.8 Å². The first-order valence-electron chi connectivity index (χ1n) is 9.45. The molecule has 5 heteroatoms. The molecule has 1 N–H and O–H groups in total. The summed E-state index contributed by atoms with van der Waals surface area (Å²) in [5.74, 6) is 1.52. The van der Waals surface area contributed by atoms with E-state index in [9.17, 15) is 9.59 Å². The first-order valence-corrected chi connectivity index (χ1v) is 10.5. The van der Waals surface area contributed by atoms with Gasteiger partial charge in [-0.05, 0) is 49.1 Å². The average Bonchev–Trinajstić information content (AvgIpc) is 3.33. The number of aryl methyl sites for hydroxylation is 1. The lowest BCUT2D eigenvalue weighted by atomic mass is 9.81. The smallest absolute Gasteiger partial charge is 0.241 e. The highest BCUT2D eigenvalue weighted by Crippen LogP contribution is 2.31. The van der Waals surface area contributed by atoms with E-state index >= 15 is 0 Å². The number of amides is 1. The van der Waals surface area contributed by atoms with Crippen LogP contribution in [0.3, 0.4) is 0 Å². The molecule has 2 unspecified atom stereocenters. The summed E-state index contributed by atoms with van der Waals surface area (Å²) in [7, 11) is 0. The van der Waals surface area contributed by atoms with Crippen molar-refractivity contribution >= 4 is 23.5 Å². The van der Waals surface area contributed by atoms with Crippen molar-refractivity contribution in [3.8, 4) is 0 Å². The zero-order valence-electron chi connectivity index (χ0n) is 14.6. The normalized spacial score (nSPS) is 28.8. The summed E-state index contributed by atoms with van der Waals surface area (Å²) in [5, 5.41) is 3.06. The van der Waals surface area contributed by atoms with Crippen LogP contribution in [0.15, 0.2) is 24.3 Å². The number of fused-ring (bicyclic) bond motifs is 1. The number of nitrogens with zero attached hydrogens (tertiary/aromatic N) is 1. The molecule has 2 heterocycles. The first kappa shape index (κ1) is 17.1. The van der Waals surface area contributed by atoms with Gasteiger partial charge >= 0.3 is 0 Å². The second-order valence-electron chi connectivity index (χ2n) is 7.49. The van der Waals surface area contributed by atoms with Crippen LogP contribution in [0.2, 0.25) is 0 Å². The molecule has 1 aliphatic carbocycles. The van der Waals surface area contributed by atoms with Gasteiger partial charge in [0.2, 0.25) is 5.91 Å². The molecule has 134 valence electrons. The van der Waals surface area contributed by atoms with Gasteiger partial charge in [-0.15, -0.1) is 11.8 Å². The van der Waals surface area contributed by atoms with Crippen LogP contribution >= 0.6 is 11.8 Å². The van der Waals surface area contributed by atoms with Gasteiger partial charge in [0.1, 0.15) is 11.8 Å². The molecule has 0 spiro atoms. The van der Waals surface area contributed by atoms with Crippen LogP contribution in [0.5, 0.6) is 0 Å². The van der Waals surface area contributed by atoms with Gasteiger partial charge in [-0.3, -0.25) is 14.9 Å². The van der Waals surface area contributed by atoms with Crippen molar-refractivity contribution in [1.82, 2.24) is 10.2 Å². The van der Waals surface area contributed by atoms with Crippen LogP contribution in [0.4, 0.5) is 0 Å². The number of benzene rings is 1. The highest BCUT2D eigenvalue weighted by atomic mass is 32.2. The van der Waals surface area contributed by atoms with Crippen LogP contribution in [0.1, 0.15) is 36.8 Å². The molecule has 4 nitrogen and oxygen atoms in total. The van der Waals surface area contributed by atoms with Crippen molar-refractivity contribution in [2.24, 2.45) is 5.92 Å². The van der Waals surface area contributed by atoms with Gasteiger partial charge in [0.25, 0.3) is 0 Å². The van der Waals surface area contributed by atoms with Crippen LogP contribution in [-0.2, 0) is 22.4 Å². The van der Waals surface area contributed by atoms with Crippen molar-refractivity contribution < 1.29 is 9.59 Å². The van der Waals surface area contributed by atoms with Gasteiger partial charge < -0.3 is 4.90 Å². The molecule has 2 fully saturated rings. The molecule has 1 aromatic rings.